The molecular weight excluding hydrogens is 304 g/mol. The van der Waals surface area contributed by atoms with Crippen LogP contribution in [0.5, 0.6) is 5.75 Å². The van der Waals surface area contributed by atoms with Crippen molar-refractivity contribution in [3.8, 4) is 5.75 Å². The van der Waals surface area contributed by atoms with Crippen LogP contribution in [0.15, 0.2) is 24.3 Å². The summed E-state index contributed by atoms with van der Waals surface area (Å²) in [6.07, 6.45) is -5.81. The first-order chi connectivity index (χ1) is 10.3. The molecule has 22 heavy (non-hydrogen) atoms. The van der Waals surface area contributed by atoms with Gasteiger partial charge in [0.15, 0.2) is 0 Å². The van der Waals surface area contributed by atoms with Crippen LogP contribution in [-0.4, -0.2) is 43.0 Å². The summed E-state index contributed by atoms with van der Waals surface area (Å²) < 4.78 is 54.1. The summed E-state index contributed by atoms with van der Waals surface area (Å²) >= 11 is 0. The van der Waals surface area contributed by atoms with Crippen LogP contribution >= 0.6 is 0 Å². The molecule has 0 aliphatic carbocycles. The Bertz CT molecular complexity index is 536. The molecule has 1 fully saturated rings. The van der Waals surface area contributed by atoms with E-state index in [1.165, 1.54) is 30.1 Å². The van der Waals surface area contributed by atoms with E-state index in [0.717, 1.165) is 0 Å². The number of carbonyl (C=O) groups is 1. The van der Waals surface area contributed by atoms with E-state index in [1.807, 2.05) is 0 Å². The normalized spacial score (nSPS) is 21.7. The molecule has 1 amide bonds. The fourth-order valence-electron chi connectivity index (χ4n) is 2.34. The fraction of sp³-hybridized carbons (Fsp3) is 0.500. The molecule has 1 aliphatic rings. The zero-order valence-corrected chi connectivity index (χ0v) is 11.9. The maximum atomic E-state index is 13.1. The number of alkyl halides is 4. The van der Waals surface area contributed by atoms with E-state index in [-0.39, 0.29) is 36.7 Å². The van der Waals surface area contributed by atoms with Crippen LogP contribution in [0.25, 0.3) is 0 Å². The first-order valence-electron chi connectivity index (χ1n) is 6.72. The van der Waals surface area contributed by atoms with Crippen molar-refractivity contribution in [2.75, 3.05) is 13.6 Å². The number of amides is 1. The minimum absolute atomic E-state index is 0.0553. The van der Waals surface area contributed by atoms with Gasteiger partial charge in [-0.25, -0.2) is 4.39 Å². The summed E-state index contributed by atoms with van der Waals surface area (Å²) in [7, 11) is 1.46. The molecule has 0 spiro atoms. The van der Waals surface area contributed by atoms with Gasteiger partial charge in [0.2, 0.25) is 5.91 Å². The molecule has 1 N–H and O–H groups in total. The van der Waals surface area contributed by atoms with Crippen molar-refractivity contribution in [2.45, 2.75) is 31.5 Å². The zero-order valence-electron chi connectivity index (χ0n) is 11.9. The monoisotopic (exact) mass is 320 g/mol. The first kappa shape index (κ1) is 16.5. The lowest BCUT2D eigenvalue weighted by Gasteiger charge is -2.22. The Morgan fingerprint density at radius 3 is 2.68 bits per heavy atom. The molecule has 8 heteroatoms. The average Bonchev–Trinajstić information content (AvgIpc) is 2.85. The van der Waals surface area contributed by atoms with Crippen LogP contribution in [0.3, 0.4) is 0 Å². The van der Waals surface area contributed by atoms with Crippen molar-refractivity contribution in [2.24, 2.45) is 0 Å². The smallest absolute Gasteiger partial charge is 0.405 e. The molecule has 1 aromatic rings. The van der Waals surface area contributed by atoms with Crippen molar-refractivity contribution in [1.29, 1.82) is 0 Å². The minimum atomic E-state index is -4.80. The van der Waals surface area contributed by atoms with Gasteiger partial charge in [-0.05, 0) is 6.07 Å². The topological polar surface area (TPSA) is 41.6 Å². The number of hydrogen-bond donors (Lipinski definition) is 1. The van der Waals surface area contributed by atoms with Gasteiger partial charge in [-0.3, -0.25) is 4.79 Å². The Hall–Kier alpha value is -1.83. The molecule has 0 saturated carbocycles. The third-order valence-electron chi connectivity index (χ3n) is 3.36. The van der Waals surface area contributed by atoms with Crippen LogP contribution in [0.1, 0.15) is 12.0 Å². The molecule has 122 valence electrons. The Kier molecular flexibility index (Phi) is 4.90. The van der Waals surface area contributed by atoms with Gasteiger partial charge in [-0.1, -0.05) is 18.2 Å². The number of carbonyl (C=O) groups excluding carboxylic acids is 1. The Morgan fingerprint density at radius 2 is 2.09 bits per heavy atom. The molecule has 1 heterocycles. The highest BCUT2D eigenvalue weighted by molar-refractivity contribution is 5.82. The molecular formula is C14H16F4N2O2. The minimum Gasteiger partial charge on any atom is -0.405 e. The summed E-state index contributed by atoms with van der Waals surface area (Å²) in [6.45, 7) is 0.0538. The largest absolute Gasteiger partial charge is 0.573 e. The predicted molar refractivity (Wildman–Crippen MR) is 70.9 cm³/mol. The summed E-state index contributed by atoms with van der Waals surface area (Å²) in [5, 5.41) is 2.75. The molecule has 2 rings (SSSR count). The Balaban J connectivity index is 2.05. The standard InChI is InChI=1S/C14H16F4N2O2/c1-20(13(21)11-6-10(15)7-19-11)8-9-4-2-3-5-12(9)22-14(16,17)18/h2-5,10-11,19H,6-8H2,1H3/t10-,11+/m0/s1. The second-order valence-electron chi connectivity index (χ2n) is 5.14. The molecule has 4 nitrogen and oxygen atoms in total. The highest BCUT2D eigenvalue weighted by Crippen LogP contribution is 2.27. The Labute approximate surface area is 125 Å². The fourth-order valence-corrected chi connectivity index (χ4v) is 2.34. The van der Waals surface area contributed by atoms with Gasteiger partial charge in [-0.2, -0.15) is 0 Å². The molecule has 0 unspecified atom stereocenters. The quantitative estimate of drug-likeness (QED) is 0.865. The van der Waals surface area contributed by atoms with Crippen LogP contribution < -0.4 is 10.1 Å². The number of nitrogens with zero attached hydrogens (tertiary/aromatic N) is 1. The van der Waals surface area contributed by atoms with E-state index >= 15 is 0 Å². The third kappa shape index (κ3) is 4.33. The number of likely N-dealkylation sites (N-methyl/N-ethyl adjacent to an activating group) is 1. The zero-order chi connectivity index (χ0) is 16.3. The number of rotatable bonds is 4. The molecule has 0 radical (unpaired) electrons. The van der Waals surface area contributed by atoms with E-state index in [1.54, 1.807) is 6.07 Å². The number of nitrogens with one attached hydrogen (secondary N) is 1. The van der Waals surface area contributed by atoms with E-state index in [2.05, 4.69) is 10.1 Å². The number of halogens is 4. The van der Waals surface area contributed by atoms with Gasteiger partial charge in [-0.15, -0.1) is 13.2 Å². The second kappa shape index (κ2) is 6.51. The number of para-hydroxylation sites is 1. The van der Waals surface area contributed by atoms with E-state index in [0.29, 0.717) is 0 Å². The molecule has 1 aromatic carbocycles. The van der Waals surface area contributed by atoms with Crippen molar-refractivity contribution in [1.82, 2.24) is 10.2 Å². The van der Waals surface area contributed by atoms with Gasteiger partial charge >= 0.3 is 6.36 Å². The van der Waals surface area contributed by atoms with Crippen molar-refractivity contribution < 1.29 is 27.1 Å². The van der Waals surface area contributed by atoms with Crippen LogP contribution in [-0.2, 0) is 11.3 Å². The van der Waals surface area contributed by atoms with Gasteiger partial charge in [0.05, 0.1) is 6.04 Å². The predicted octanol–water partition coefficient (Wildman–Crippen LogP) is 2.24. The third-order valence-corrected chi connectivity index (χ3v) is 3.36. The second-order valence-corrected chi connectivity index (χ2v) is 5.14. The highest BCUT2D eigenvalue weighted by atomic mass is 19.4. The van der Waals surface area contributed by atoms with E-state index < -0.39 is 18.6 Å². The van der Waals surface area contributed by atoms with Crippen molar-refractivity contribution >= 4 is 5.91 Å². The van der Waals surface area contributed by atoms with Crippen LogP contribution in [0.2, 0.25) is 0 Å². The van der Waals surface area contributed by atoms with Gasteiger partial charge < -0.3 is 15.0 Å². The SMILES string of the molecule is CN(Cc1ccccc1OC(F)(F)F)C(=O)[C@H]1C[C@H](F)CN1. The van der Waals surface area contributed by atoms with Gasteiger partial charge in [0.1, 0.15) is 11.9 Å². The molecule has 1 aliphatic heterocycles. The highest BCUT2D eigenvalue weighted by Gasteiger charge is 2.33. The summed E-state index contributed by atoms with van der Waals surface area (Å²) in [4.78, 5) is 13.4. The summed E-state index contributed by atoms with van der Waals surface area (Å²) in [6, 6.07) is 4.97. The number of hydrogen-bond acceptors (Lipinski definition) is 3. The molecule has 2 atom stereocenters. The number of benzene rings is 1. The van der Waals surface area contributed by atoms with Crippen molar-refractivity contribution in [3.63, 3.8) is 0 Å². The summed E-state index contributed by atoms with van der Waals surface area (Å²) in [5.41, 5.74) is 0.227. The lowest BCUT2D eigenvalue weighted by atomic mass is 10.1. The van der Waals surface area contributed by atoms with Crippen LogP contribution in [0.4, 0.5) is 17.6 Å². The molecule has 0 bridgehead atoms. The lowest BCUT2D eigenvalue weighted by molar-refractivity contribution is -0.275. The van der Waals surface area contributed by atoms with Crippen molar-refractivity contribution in [3.05, 3.63) is 29.8 Å². The van der Waals surface area contributed by atoms with E-state index in [9.17, 15) is 22.4 Å². The van der Waals surface area contributed by atoms with Crippen LogP contribution in [0, 0.1) is 0 Å². The lowest BCUT2D eigenvalue weighted by Crippen LogP contribution is -2.41. The van der Waals surface area contributed by atoms with E-state index in [4.69, 9.17) is 0 Å². The van der Waals surface area contributed by atoms with Gasteiger partial charge in [0, 0.05) is 32.1 Å². The molecule has 0 aromatic heterocycles. The van der Waals surface area contributed by atoms with Gasteiger partial charge in [0.25, 0.3) is 0 Å². The Morgan fingerprint density at radius 1 is 1.41 bits per heavy atom. The maximum absolute atomic E-state index is 13.1. The average molecular weight is 320 g/mol. The number of ether oxygens (including phenoxy) is 1. The summed E-state index contributed by atoms with van der Waals surface area (Å²) in [5.74, 6) is -0.709. The molecule has 1 saturated heterocycles. The first-order valence-corrected chi connectivity index (χ1v) is 6.72. The maximum Gasteiger partial charge on any atom is 0.573 e.